The van der Waals surface area contributed by atoms with E-state index in [2.05, 4.69) is 20.0 Å². The van der Waals surface area contributed by atoms with Gasteiger partial charge in [0.15, 0.2) is 5.82 Å². The Balaban J connectivity index is 1.85. The Labute approximate surface area is 123 Å². The highest BCUT2D eigenvalue weighted by atomic mass is 16.5. The zero-order valence-electron chi connectivity index (χ0n) is 12.2. The molecule has 1 aliphatic rings. The first-order chi connectivity index (χ1) is 10.2. The van der Waals surface area contributed by atoms with E-state index in [1.54, 1.807) is 19.5 Å². The molecule has 7 heteroatoms. The van der Waals surface area contributed by atoms with Crippen molar-refractivity contribution in [2.24, 2.45) is 0 Å². The Morgan fingerprint density at radius 1 is 1.33 bits per heavy atom. The predicted molar refractivity (Wildman–Crippen MR) is 77.1 cm³/mol. The van der Waals surface area contributed by atoms with Gasteiger partial charge in [-0.3, -0.25) is 4.68 Å². The van der Waals surface area contributed by atoms with Gasteiger partial charge in [-0.2, -0.15) is 5.10 Å². The summed E-state index contributed by atoms with van der Waals surface area (Å²) in [5.74, 6) is 1.27. The molecule has 112 valence electrons. The first-order valence-corrected chi connectivity index (χ1v) is 7.07. The molecule has 0 fully saturated rings. The Morgan fingerprint density at radius 2 is 2.14 bits per heavy atom. The molecule has 3 heterocycles. The molecule has 3 rings (SSSR count). The van der Waals surface area contributed by atoms with Crippen LogP contribution in [-0.2, 0) is 13.1 Å². The minimum atomic E-state index is -0.498. The fourth-order valence-corrected chi connectivity index (χ4v) is 2.52. The van der Waals surface area contributed by atoms with Crippen LogP contribution in [0.25, 0.3) is 0 Å². The fourth-order valence-electron chi connectivity index (χ4n) is 2.52. The quantitative estimate of drug-likeness (QED) is 0.909. The molecule has 0 spiro atoms. The second kappa shape index (κ2) is 5.69. The van der Waals surface area contributed by atoms with E-state index in [9.17, 15) is 5.11 Å². The van der Waals surface area contributed by atoms with Crippen molar-refractivity contribution < 1.29 is 9.84 Å². The van der Waals surface area contributed by atoms with Gasteiger partial charge in [-0.05, 0) is 12.5 Å². The minimum Gasteiger partial charge on any atom is -0.478 e. The van der Waals surface area contributed by atoms with Gasteiger partial charge in [0.25, 0.3) is 5.88 Å². The molecule has 0 aromatic carbocycles. The van der Waals surface area contributed by atoms with Gasteiger partial charge in [0.2, 0.25) is 0 Å². The molecule has 1 atom stereocenters. The molecule has 7 nitrogen and oxygen atoms in total. The van der Waals surface area contributed by atoms with Crippen LogP contribution in [0, 0.1) is 0 Å². The number of hydrogen-bond donors (Lipinski definition) is 1. The molecule has 21 heavy (non-hydrogen) atoms. The Kier molecular flexibility index (Phi) is 3.74. The molecule has 2 aromatic rings. The van der Waals surface area contributed by atoms with Crippen molar-refractivity contribution in [3.63, 3.8) is 0 Å². The van der Waals surface area contributed by atoms with Crippen molar-refractivity contribution in [1.29, 1.82) is 0 Å². The largest absolute Gasteiger partial charge is 0.478 e. The van der Waals surface area contributed by atoms with E-state index in [0.717, 1.165) is 30.3 Å². The Bertz CT molecular complexity index is 628. The first-order valence-electron chi connectivity index (χ1n) is 7.07. The normalized spacial score (nSPS) is 15.7. The lowest BCUT2D eigenvalue weighted by molar-refractivity contribution is 0.168. The molecule has 1 N–H and O–H groups in total. The van der Waals surface area contributed by atoms with Gasteiger partial charge in [0.1, 0.15) is 0 Å². The highest BCUT2D eigenvalue weighted by Crippen LogP contribution is 2.27. The van der Waals surface area contributed by atoms with Crippen LogP contribution >= 0.6 is 0 Å². The smallest absolute Gasteiger partial charge is 0.257 e. The van der Waals surface area contributed by atoms with Crippen molar-refractivity contribution in [2.45, 2.75) is 32.5 Å². The van der Waals surface area contributed by atoms with Crippen molar-refractivity contribution in [1.82, 2.24) is 19.7 Å². The third-order valence-corrected chi connectivity index (χ3v) is 3.68. The number of methoxy groups -OCH3 is 1. The third-order valence-electron chi connectivity index (χ3n) is 3.68. The summed E-state index contributed by atoms with van der Waals surface area (Å²) in [6.45, 7) is 4.16. The maximum Gasteiger partial charge on any atom is 0.257 e. The summed E-state index contributed by atoms with van der Waals surface area (Å²) in [6.07, 6.45) is 3.45. The third kappa shape index (κ3) is 2.56. The van der Waals surface area contributed by atoms with E-state index >= 15 is 0 Å². The topological polar surface area (TPSA) is 76.3 Å². The summed E-state index contributed by atoms with van der Waals surface area (Å²) in [5, 5.41) is 14.4. The average Bonchev–Trinajstić information content (AvgIpc) is 2.97. The Morgan fingerprint density at radius 3 is 2.90 bits per heavy atom. The second-order valence-corrected chi connectivity index (χ2v) is 5.02. The number of hydrogen-bond acceptors (Lipinski definition) is 6. The van der Waals surface area contributed by atoms with Crippen LogP contribution in [0.1, 0.15) is 30.8 Å². The predicted octanol–water partition coefficient (Wildman–Crippen LogP) is 1.15. The standard InChI is InChI=1S/C14H19N5O2/c1-3-12(20)11-8-10-9-18(6-7-19(10)17-11)13-14(21-2)16-5-4-15-13/h4-5,8,12,20H,3,6-7,9H2,1-2H3/t12-/m1/s1. The van der Waals surface area contributed by atoms with Crippen molar-refractivity contribution in [3.8, 4) is 5.88 Å². The number of aliphatic hydroxyl groups is 1. The van der Waals surface area contributed by atoms with Crippen molar-refractivity contribution >= 4 is 5.82 Å². The first kappa shape index (κ1) is 13.8. The molecule has 0 unspecified atom stereocenters. The van der Waals surface area contributed by atoms with Crippen LogP contribution in [0.3, 0.4) is 0 Å². The average molecular weight is 289 g/mol. The van der Waals surface area contributed by atoms with Crippen molar-refractivity contribution in [2.75, 3.05) is 18.6 Å². The Hall–Kier alpha value is -2.15. The van der Waals surface area contributed by atoms with Gasteiger partial charge in [0, 0.05) is 18.9 Å². The summed E-state index contributed by atoms with van der Waals surface area (Å²) in [5.41, 5.74) is 1.80. The monoisotopic (exact) mass is 289 g/mol. The van der Waals surface area contributed by atoms with Crippen LogP contribution < -0.4 is 9.64 Å². The molecule has 0 aliphatic carbocycles. The summed E-state index contributed by atoms with van der Waals surface area (Å²) < 4.78 is 7.22. The molecule has 0 bridgehead atoms. The van der Waals surface area contributed by atoms with Gasteiger partial charge in [-0.25, -0.2) is 9.97 Å². The maximum absolute atomic E-state index is 9.91. The SMILES string of the molecule is CC[C@@H](O)c1cc2n(n1)CCN(c1nccnc1OC)C2. The molecule has 0 amide bonds. The lowest BCUT2D eigenvalue weighted by Crippen LogP contribution is -2.34. The van der Waals surface area contributed by atoms with E-state index in [0.29, 0.717) is 18.8 Å². The van der Waals surface area contributed by atoms with Crippen LogP contribution in [-0.4, -0.2) is 38.5 Å². The molecule has 0 saturated carbocycles. The highest BCUT2D eigenvalue weighted by molar-refractivity contribution is 5.48. The summed E-state index contributed by atoms with van der Waals surface area (Å²) in [7, 11) is 1.59. The number of aromatic nitrogens is 4. The molecule has 1 aliphatic heterocycles. The number of anilines is 1. The number of nitrogens with zero attached hydrogens (tertiary/aromatic N) is 5. The van der Waals surface area contributed by atoms with Crippen LogP contribution in [0.4, 0.5) is 5.82 Å². The van der Waals surface area contributed by atoms with Gasteiger partial charge >= 0.3 is 0 Å². The van der Waals surface area contributed by atoms with Gasteiger partial charge in [-0.1, -0.05) is 6.92 Å². The van der Waals surface area contributed by atoms with E-state index in [1.165, 1.54) is 0 Å². The highest BCUT2D eigenvalue weighted by Gasteiger charge is 2.23. The fraction of sp³-hybridized carbons (Fsp3) is 0.500. The molecule has 0 saturated heterocycles. The van der Waals surface area contributed by atoms with Crippen LogP contribution in [0.15, 0.2) is 18.5 Å². The molecule has 2 aromatic heterocycles. The van der Waals surface area contributed by atoms with Gasteiger partial charge < -0.3 is 14.7 Å². The summed E-state index contributed by atoms with van der Waals surface area (Å²) in [6, 6.07) is 1.96. The minimum absolute atomic E-state index is 0.498. The number of ether oxygens (including phenoxy) is 1. The maximum atomic E-state index is 9.91. The molecular formula is C14H19N5O2. The number of rotatable bonds is 4. The number of aliphatic hydroxyl groups excluding tert-OH is 1. The zero-order chi connectivity index (χ0) is 14.8. The van der Waals surface area contributed by atoms with E-state index in [4.69, 9.17) is 4.74 Å². The summed E-state index contributed by atoms with van der Waals surface area (Å²) in [4.78, 5) is 10.7. The molecule has 0 radical (unpaired) electrons. The zero-order valence-corrected chi connectivity index (χ0v) is 12.2. The summed E-state index contributed by atoms with van der Waals surface area (Å²) >= 11 is 0. The van der Waals surface area contributed by atoms with Crippen LogP contribution in [0.5, 0.6) is 5.88 Å². The van der Waals surface area contributed by atoms with Crippen molar-refractivity contribution in [3.05, 3.63) is 29.8 Å². The van der Waals surface area contributed by atoms with E-state index < -0.39 is 6.10 Å². The van der Waals surface area contributed by atoms with Crippen LogP contribution in [0.2, 0.25) is 0 Å². The van der Waals surface area contributed by atoms with Gasteiger partial charge in [0.05, 0.1) is 37.7 Å². The lowest BCUT2D eigenvalue weighted by Gasteiger charge is -2.28. The van der Waals surface area contributed by atoms with E-state index in [1.807, 2.05) is 17.7 Å². The molecular weight excluding hydrogens is 270 g/mol. The lowest BCUT2D eigenvalue weighted by atomic mass is 10.2. The van der Waals surface area contributed by atoms with E-state index in [-0.39, 0.29) is 0 Å². The second-order valence-electron chi connectivity index (χ2n) is 5.02. The van der Waals surface area contributed by atoms with Gasteiger partial charge in [-0.15, -0.1) is 0 Å². The number of fused-ring (bicyclic) bond motifs is 1.